The van der Waals surface area contributed by atoms with Gasteiger partial charge in [-0.3, -0.25) is 13.8 Å². The molecule has 7 heteroatoms. The first-order valence-corrected chi connectivity index (χ1v) is 5.39. The fraction of sp³-hybridized carbons (Fsp3) is 0.625. The van der Waals surface area contributed by atoms with Crippen LogP contribution in [0.25, 0.3) is 0 Å². The van der Waals surface area contributed by atoms with E-state index in [2.05, 4.69) is 5.32 Å². The Kier molecular flexibility index (Phi) is 4.94. The van der Waals surface area contributed by atoms with Crippen molar-refractivity contribution in [2.45, 2.75) is 18.6 Å². The van der Waals surface area contributed by atoms with Gasteiger partial charge in [0.15, 0.2) is 0 Å². The molecule has 0 saturated carbocycles. The second-order valence-corrected chi connectivity index (χ2v) is 5.24. The molecule has 0 fully saturated rings. The summed E-state index contributed by atoms with van der Waals surface area (Å²) < 4.78 is 10.00. The van der Waals surface area contributed by atoms with Gasteiger partial charge < -0.3 is 10.4 Å². The average molecular weight is 232 g/mol. The molecule has 1 amide bonds. The van der Waals surface area contributed by atoms with E-state index in [0.29, 0.717) is 0 Å². The van der Waals surface area contributed by atoms with Crippen LogP contribution in [0.15, 0.2) is 0 Å². The normalized spacial score (nSPS) is 12.6. The third-order valence-corrected chi connectivity index (χ3v) is 3.55. The van der Waals surface area contributed by atoms with Crippen LogP contribution in [0.2, 0.25) is 0 Å². The number of hydrogen-bond acceptors (Lipinski definition) is 4. The highest BCUT2D eigenvalue weighted by Gasteiger charge is 2.35. The van der Waals surface area contributed by atoms with E-state index >= 15 is 0 Å². The van der Waals surface area contributed by atoms with Crippen molar-refractivity contribution in [1.82, 2.24) is 5.32 Å². The van der Waals surface area contributed by atoms with Crippen molar-refractivity contribution in [3.05, 3.63) is 0 Å². The van der Waals surface area contributed by atoms with Gasteiger partial charge in [0.25, 0.3) is 0 Å². The number of nitriles is 1. The molecule has 6 nitrogen and oxygen atoms in total. The third kappa shape index (κ3) is 4.08. The first-order valence-electron chi connectivity index (χ1n) is 4.08. The Morgan fingerprint density at radius 1 is 1.53 bits per heavy atom. The van der Waals surface area contributed by atoms with Gasteiger partial charge in [-0.2, -0.15) is 5.26 Å². The topological polar surface area (TPSA) is 107 Å². The number of rotatable bonds is 5. The Morgan fingerprint density at radius 2 is 2.07 bits per heavy atom. The largest absolute Gasteiger partial charge is 0.480 e. The SMILES string of the molecule is CC(C)(C(=O)O)S(=O)CC(=O)NCC#N. The summed E-state index contributed by atoms with van der Waals surface area (Å²) in [5, 5.41) is 19.1. The standard InChI is InChI=1S/C8H12N2O4S/c1-8(2,7(12)13)15(14)5-6(11)10-4-3-9/h4-5H2,1-2H3,(H,10,11)(H,12,13). The van der Waals surface area contributed by atoms with Crippen molar-refractivity contribution in [3.8, 4) is 6.07 Å². The van der Waals surface area contributed by atoms with Crippen LogP contribution in [0.1, 0.15) is 13.8 Å². The molecule has 1 atom stereocenters. The van der Waals surface area contributed by atoms with Crippen LogP contribution in [0.5, 0.6) is 0 Å². The minimum Gasteiger partial charge on any atom is -0.480 e. The molecule has 0 rings (SSSR count). The number of nitrogens with one attached hydrogen (secondary N) is 1. The highest BCUT2D eigenvalue weighted by molar-refractivity contribution is 7.87. The zero-order chi connectivity index (χ0) is 12.1. The smallest absolute Gasteiger partial charge is 0.321 e. The number of nitrogens with zero attached hydrogens (tertiary/aromatic N) is 1. The first kappa shape index (κ1) is 13.6. The molecule has 0 aromatic carbocycles. The molecule has 0 aliphatic rings. The summed E-state index contributed by atoms with van der Waals surface area (Å²) in [6.45, 7) is 2.38. The van der Waals surface area contributed by atoms with E-state index in [1.54, 1.807) is 6.07 Å². The van der Waals surface area contributed by atoms with Crippen molar-refractivity contribution in [2.24, 2.45) is 0 Å². The van der Waals surface area contributed by atoms with E-state index in [9.17, 15) is 13.8 Å². The number of carboxylic acid groups (broad SMARTS) is 1. The molecule has 0 aliphatic heterocycles. The Morgan fingerprint density at radius 3 is 2.47 bits per heavy atom. The van der Waals surface area contributed by atoms with Gasteiger partial charge in [-0.25, -0.2) is 0 Å². The minimum atomic E-state index is -1.82. The van der Waals surface area contributed by atoms with E-state index in [1.807, 2.05) is 0 Å². The Labute approximate surface area is 89.7 Å². The molecule has 15 heavy (non-hydrogen) atoms. The number of hydrogen-bond donors (Lipinski definition) is 2. The Bertz CT molecular complexity index is 332. The van der Waals surface area contributed by atoms with Gasteiger partial charge in [0.1, 0.15) is 17.0 Å². The summed E-state index contributed by atoms with van der Waals surface area (Å²) in [5.74, 6) is -2.24. The molecule has 1 unspecified atom stereocenters. The number of carboxylic acids is 1. The lowest BCUT2D eigenvalue weighted by Crippen LogP contribution is -2.41. The van der Waals surface area contributed by atoms with Crippen molar-refractivity contribution in [3.63, 3.8) is 0 Å². The van der Waals surface area contributed by atoms with Crippen LogP contribution < -0.4 is 5.32 Å². The number of carbonyl (C=O) groups is 2. The van der Waals surface area contributed by atoms with E-state index in [0.717, 1.165) is 0 Å². The van der Waals surface area contributed by atoms with E-state index in [-0.39, 0.29) is 6.54 Å². The first-order chi connectivity index (χ1) is 6.82. The van der Waals surface area contributed by atoms with Crippen LogP contribution >= 0.6 is 0 Å². The molecular weight excluding hydrogens is 220 g/mol. The molecule has 0 heterocycles. The van der Waals surface area contributed by atoms with Gasteiger partial charge in [-0.15, -0.1) is 0 Å². The highest BCUT2D eigenvalue weighted by atomic mass is 32.2. The predicted molar refractivity (Wildman–Crippen MR) is 53.3 cm³/mol. The molecule has 0 radical (unpaired) electrons. The molecule has 0 saturated heterocycles. The molecule has 0 spiro atoms. The van der Waals surface area contributed by atoms with Crippen molar-refractivity contribution in [1.29, 1.82) is 5.26 Å². The summed E-state index contributed by atoms with van der Waals surface area (Å²) in [6, 6.07) is 1.69. The number of carbonyl (C=O) groups excluding carboxylic acids is 1. The third-order valence-electron chi connectivity index (χ3n) is 1.71. The molecular formula is C8H12N2O4S. The highest BCUT2D eigenvalue weighted by Crippen LogP contribution is 2.12. The summed E-state index contributed by atoms with van der Waals surface area (Å²) >= 11 is 0. The van der Waals surface area contributed by atoms with Crippen LogP contribution in [-0.4, -0.2) is 38.2 Å². The predicted octanol–water partition coefficient (Wildman–Crippen LogP) is -0.762. The lowest BCUT2D eigenvalue weighted by Gasteiger charge is -2.17. The number of aliphatic carboxylic acids is 1. The van der Waals surface area contributed by atoms with E-state index < -0.39 is 33.2 Å². The van der Waals surface area contributed by atoms with Crippen LogP contribution in [-0.2, 0) is 20.4 Å². The van der Waals surface area contributed by atoms with Crippen LogP contribution in [0, 0.1) is 11.3 Å². The van der Waals surface area contributed by atoms with Crippen molar-refractivity contribution in [2.75, 3.05) is 12.3 Å². The van der Waals surface area contributed by atoms with Gasteiger partial charge in [-0.05, 0) is 13.8 Å². The molecule has 0 bridgehead atoms. The van der Waals surface area contributed by atoms with Crippen LogP contribution in [0.3, 0.4) is 0 Å². The van der Waals surface area contributed by atoms with Gasteiger partial charge in [0.05, 0.1) is 6.07 Å². The Hall–Kier alpha value is -1.42. The summed E-state index contributed by atoms with van der Waals surface area (Å²) in [4.78, 5) is 21.7. The maximum Gasteiger partial charge on any atom is 0.321 e. The average Bonchev–Trinajstić information content (AvgIpc) is 2.14. The maximum absolute atomic E-state index is 11.5. The van der Waals surface area contributed by atoms with Crippen molar-refractivity contribution < 1.29 is 18.9 Å². The van der Waals surface area contributed by atoms with Gasteiger partial charge in [-0.1, -0.05) is 0 Å². The molecule has 0 aliphatic carbocycles. The lowest BCUT2D eigenvalue weighted by atomic mass is 10.2. The summed E-state index contributed by atoms with van der Waals surface area (Å²) in [5.41, 5.74) is 0. The van der Waals surface area contributed by atoms with Gasteiger partial charge in [0, 0.05) is 10.8 Å². The Balaban J connectivity index is 4.32. The lowest BCUT2D eigenvalue weighted by molar-refractivity contribution is -0.139. The maximum atomic E-state index is 11.5. The molecule has 2 N–H and O–H groups in total. The molecule has 0 aromatic heterocycles. The fourth-order valence-electron chi connectivity index (χ4n) is 0.586. The van der Waals surface area contributed by atoms with E-state index in [4.69, 9.17) is 10.4 Å². The molecule has 84 valence electrons. The quantitative estimate of drug-likeness (QED) is 0.606. The zero-order valence-electron chi connectivity index (χ0n) is 8.44. The van der Waals surface area contributed by atoms with Gasteiger partial charge >= 0.3 is 5.97 Å². The zero-order valence-corrected chi connectivity index (χ0v) is 9.26. The fourth-order valence-corrected chi connectivity index (χ4v) is 1.48. The van der Waals surface area contributed by atoms with E-state index in [1.165, 1.54) is 13.8 Å². The van der Waals surface area contributed by atoms with Crippen LogP contribution in [0.4, 0.5) is 0 Å². The van der Waals surface area contributed by atoms with Crippen molar-refractivity contribution >= 4 is 22.7 Å². The minimum absolute atomic E-state index is 0.177. The molecule has 0 aromatic rings. The monoisotopic (exact) mass is 232 g/mol. The number of amides is 1. The summed E-state index contributed by atoms with van der Waals surface area (Å²) in [6.07, 6.45) is 0. The van der Waals surface area contributed by atoms with Gasteiger partial charge in [0.2, 0.25) is 5.91 Å². The second-order valence-electron chi connectivity index (χ2n) is 3.24. The summed E-state index contributed by atoms with van der Waals surface area (Å²) in [7, 11) is -1.82. The second kappa shape index (κ2) is 5.46.